The standard InChI is InChI=1S/C6H5F2N.C3H9NO/c7-4-1-5(8)3-6(9)2-4;1-3(5)2-4/h1-3H,9H2;3,5H,2,4H2,1H3/t;3-/m.1/s1. The summed E-state index contributed by atoms with van der Waals surface area (Å²) >= 11 is 0. The summed E-state index contributed by atoms with van der Waals surface area (Å²) in [5.41, 5.74) is 10.1. The zero-order valence-electron chi connectivity index (χ0n) is 7.87. The number of nitrogens with two attached hydrogens (primary N) is 2. The maximum Gasteiger partial charge on any atom is 0.128 e. The lowest BCUT2D eigenvalue weighted by atomic mass is 10.3. The molecule has 0 radical (unpaired) electrons. The maximum atomic E-state index is 12.1. The first-order valence-corrected chi connectivity index (χ1v) is 4.05. The van der Waals surface area contributed by atoms with E-state index in [2.05, 4.69) is 0 Å². The number of rotatable bonds is 1. The third kappa shape index (κ3) is 6.33. The third-order valence-electron chi connectivity index (χ3n) is 1.23. The molecule has 1 atom stereocenters. The summed E-state index contributed by atoms with van der Waals surface area (Å²) < 4.78 is 24.2. The highest BCUT2D eigenvalue weighted by atomic mass is 19.1. The van der Waals surface area contributed by atoms with Crippen molar-refractivity contribution in [2.45, 2.75) is 13.0 Å². The molecule has 3 nitrogen and oxygen atoms in total. The Kier molecular flexibility index (Phi) is 5.74. The Hall–Kier alpha value is -1.20. The van der Waals surface area contributed by atoms with Crippen LogP contribution in [-0.2, 0) is 0 Å². The normalized spacial score (nSPS) is 11.5. The van der Waals surface area contributed by atoms with Crippen molar-refractivity contribution < 1.29 is 13.9 Å². The van der Waals surface area contributed by atoms with Gasteiger partial charge in [-0.2, -0.15) is 0 Å². The van der Waals surface area contributed by atoms with Crippen LogP contribution in [-0.4, -0.2) is 17.8 Å². The van der Waals surface area contributed by atoms with E-state index in [1.54, 1.807) is 6.92 Å². The highest BCUT2D eigenvalue weighted by molar-refractivity contribution is 5.37. The summed E-state index contributed by atoms with van der Waals surface area (Å²) in [5, 5.41) is 8.24. The quantitative estimate of drug-likeness (QED) is 0.594. The average molecular weight is 204 g/mol. The minimum absolute atomic E-state index is 0.104. The highest BCUT2D eigenvalue weighted by Crippen LogP contribution is 2.07. The first kappa shape index (κ1) is 12.8. The predicted molar refractivity (Wildman–Crippen MR) is 51.5 cm³/mol. The van der Waals surface area contributed by atoms with Crippen molar-refractivity contribution in [3.63, 3.8) is 0 Å². The van der Waals surface area contributed by atoms with Crippen LogP contribution < -0.4 is 11.5 Å². The van der Waals surface area contributed by atoms with Gasteiger partial charge in [0.05, 0.1) is 6.10 Å². The SMILES string of the molecule is C[C@@H](O)CN.Nc1cc(F)cc(F)c1. The molecular weight excluding hydrogens is 190 g/mol. The van der Waals surface area contributed by atoms with Gasteiger partial charge in [-0.25, -0.2) is 8.78 Å². The van der Waals surface area contributed by atoms with Gasteiger partial charge in [-0.3, -0.25) is 0 Å². The third-order valence-corrected chi connectivity index (χ3v) is 1.23. The fraction of sp³-hybridized carbons (Fsp3) is 0.333. The molecule has 0 heterocycles. The Morgan fingerprint density at radius 1 is 1.29 bits per heavy atom. The largest absolute Gasteiger partial charge is 0.399 e. The van der Waals surface area contributed by atoms with Crippen molar-refractivity contribution in [1.29, 1.82) is 0 Å². The molecule has 5 heteroatoms. The lowest BCUT2D eigenvalue weighted by Gasteiger charge is -1.91. The monoisotopic (exact) mass is 204 g/mol. The molecule has 14 heavy (non-hydrogen) atoms. The zero-order chi connectivity index (χ0) is 11.1. The topological polar surface area (TPSA) is 72.3 Å². The van der Waals surface area contributed by atoms with Crippen molar-refractivity contribution in [1.82, 2.24) is 0 Å². The van der Waals surface area contributed by atoms with Gasteiger partial charge in [-0.1, -0.05) is 0 Å². The summed E-state index contributed by atoms with van der Waals surface area (Å²) in [6.45, 7) is 2.01. The van der Waals surface area contributed by atoms with Crippen LogP contribution in [0.3, 0.4) is 0 Å². The van der Waals surface area contributed by atoms with E-state index in [0.29, 0.717) is 6.54 Å². The van der Waals surface area contributed by atoms with Crippen molar-refractivity contribution in [2.24, 2.45) is 5.73 Å². The average Bonchev–Trinajstić information content (AvgIpc) is 2.02. The van der Waals surface area contributed by atoms with Gasteiger partial charge < -0.3 is 16.6 Å². The fourth-order valence-corrected chi connectivity index (χ4v) is 0.575. The van der Waals surface area contributed by atoms with E-state index in [1.807, 2.05) is 0 Å². The summed E-state index contributed by atoms with van der Waals surface area (Å²) in [6, 6.07) is 2.89. The van der Waals surface area contributed by atoms with Crippen LogP contribution in [0, 0.1) is 11.6 Å². The molecule has 80 valence electrons. The molecule has 1 aromatic rings. The van der Waals surface area contributed by atoms with E-state index in [0.717, 1.165) is 18.2 Å². The van der Waals surface area contributed by atoms with Crippen molar-refractivity contribution in [3.05, 3.63) is 29.8 Å². The zero-order valence-corrected chi connectivity index (χ0v) is 7.87. The smallest absolute Gasteiger partial charge is 0.128 e. The van der Waals surface area contributed by atoms with Crippen LogP contribution in [0.4, 0.5) is 14.5 Å². The molecule has 0 aliphatic heterocycles. The number of hydrogen-bond acceptors (Lipinski definition) is 3. The second-order valence-electron chi connectivity index (χ2n) is 2.79. The van der Waals surface area contributed by atoms with Crippen LogP contribution in [0.2, 0.25) is 0 Å². The van der Waals surface area contributed by atoms with Crippen LogP contribution >= 0.6 is 0 Å². The number of halogens is 2. The Bertz CT molecular complexity index is 229. The Morgan fingerprint density at radius 2 is 1.64 bits per heavy atom. The predicted octanol–water partition coefficient (Wildman–Crippen LogP) is 0.873. The first-order valence-electron chi connectivity index (χ1n) is 4.05. The molecule has 0 aliphatic rings. The molecule has 1 aromatic carbocycles. The summed E-state index contributed by atoms with van der Waals surface area (Å²) in [5.74, 6) is -1.29. The van der Waals surface area contributed by atoms with Gasteiger partial charge in [0.1, 0.15) is 11.6 Å². The molecule has 1 rings (SSSR count). The van der Waals surface area contributed by atoms with Gasteiger partial charge in [0, 0.05) is 18.3 Å². The first-order chi connectivity index (χ1) is 6.45. The number of benzene rings is 1. The van der Waals surface area contributed by atoms with Crippen molar-refractivity contribution in [3.8, 4) is 0 Å². The van der Waals surface area contributed by atoms with Gasteiger partial charge in [0.15, 0.2) is 0 Å². The van der Waals surface area contributed by atoms with E-state index >= 15 is 0 Å². The van der Waals surface area contributed by atoms with Crippen LogP contribution in [0.1, 0.15) is 6.92 Å². The minimum atomic E-state index is -0.646. The second kappa shape index (κ2) is 6.28. The highest BCUT2D eigenvalue weighted by Gasteiger charge is 1.94. The molecule has 5 N–H and O–H groups in total. The number of aliphatic hydroxyl groups excluding tert-OH is 1. The van der Waals surface area contributed by atoms with Gasteiger partial charge >= 0.3 is 0 Å². The molecule has 0 spiro atoms. The number of hydrogen-bond donors (Lipinski definition) is 3. The lowest BCUT2D eigenvalue weighted by Crippen LogP contribution is -2.14. The van der Waals surface area contributed by atoms with Gasteiger partial charge in [0.2, 0.25) is 0 Å². The number of anilines is 1. The maximum absolute atomic E-state index is 12.1. The molecule has 0 aromatic heterocycles. The molecule has 0 saturated heterocycles. The Labute approximate surface area is 81.3 Å². The summed E-state index contributed by atoms with van der Waals surface area (Å²) in [4.78, 5) is 0. The number of aliphatic hydroxyl groups is 1. The molecule has 0 unspecified atom stereocenters. The van der Waals surface area contributed by atoms with E-state index in [-0.39, 0.29) is 11.8 Å². The lowest BCUT2D eigenvalue weighted by molar-refractivity contribution is 0.203. The fourth-order valence-electron chi connectivity index (χ4n) is 0.575. The number of nitrogen functional groups attached to an aromatic ring is 1. The van der Waals surface area contributed by atoms with E-state index in [1.165, 1.54) is 0 Å². The van der Waals surface area contributed by atoms with Crippen LogP contribution in [0.25, 0.3) is 0 Å². The Balaban J connectivity index is 0.000000292. The van der Waals surface area contributed by atoms with Gasteiger partial charge in [-0.15, -0.1) is 0 Å². The minimum Gasteiger partial charge on any atom is -0.399 e. The van der Waals surface area contributed by atoms with Crippen molar-refractivity contribution in [2.75, 3.05) is 12.3 Å². The second-order valence-corrected chi connectivity index (χ2v) is 2.79. The van der Waals surface area contributed by atoms with Crippen LogP contribution in [0.15, 0.2) is 18.2 Å². The van der Waals surface area contributed by atoms with Crippen LogP contribution in [0.5, 0.6) is 0 Å². The van der Waals surface area contributed by atoms with E-state index in [9.17, 15) is 8.78 Å². The molecule has 0 amide bonds. The van der Waals surface area contributed by atoms with Crippen molar-refractivity contribution >= 4 is 5.69 Å². The van der Waals surface area contributed by atoms with Gasteiger partial charge in [-0.05, 0) is 19.1 Å². The molecular formula is C9H14F2N2O. The molecule has 0 aliphatic carbocycles. The van der Waals surface area contributed by atoms with Gasteiger partial charge in [0.25, 0.3) is 0 Å². The summed E-state index contributed by atoms with van der Waals surface area (Å²) in [7, 11) is 0. The molecule has 0 fully saturated rings. The Morgan fingerprint density at radius 3 is 1.86 bits per heavy atom. The van der Waals surface area contributed by atoms with E-state index in [4.69, 9.17) is 16.6 Å². The molecule has 0 saturated carbocycles. The molecule has 0 bridgehead atoms. The summed E-state index contributed by atoms with van der Waals surface area (Å²) in [6.07, 6.45) is -0.338. The van der Waals surface area contributed by atoms with E-state index < -0.39 is 11.6 Å².